The molecule has 2 aliphatic rings. The second-order valence-corrected chi connectivity index (χ2v) is 9.00. The number of carbonyl (C=O) groups excluding carboxylic acids is 2. The zero-order chi connectivity index (χ0) is 17.3. The minimum atomic E-state index is -3.15. The Morgan fingerprint density at radius 1 is 1.12 bits per heavy atom. The summed E-state index contributed by atoms with van der Waals surface area (Å²) in [6.07, 6.45) is 4.00. The summed E-state index contributed by atoms with van der Waals surface area (Å²) in [5.41, 5.74) is 2.71. The number of hydrogen-bond donors (Lipinski definition) is 1. The van der Waals surface area contributed by atoms with E-state index in [1.54, 1.807) is 0 Å². The number of imide groups is 1. The molecule has 1 aliphatic heterocycles. The SMILES string of the molecule is CS(=O)(=O)CCC1NC(=O)N(CCC2Cc3ccccc3C2)C1=O. The van der Waals surface area contributed by atoms with Crippen LogP contribution in [0.25, 0.3) is 0 Å². The van der Waals surface area contributed by atoms with Crippen molar-refractivity contribution < 1.29 is 18.0 Å². The topological polar surface area (TPSA) is 83.6 Å². The van der Waals surface area contributed by atoms with Crippen molar-refractivity contribution in [1.29, 1.82) is 0 Å². The molecule has 130 valence electrons. The minimum absolute atomic E-state index is 0.102. The van der Waals surface area contributed by atoms with Gasteiger partial charge in [-0.25, -0.2) is 13.2 Å². The first-order valence-corrected chi connectivity index (χ1v) is 10.3. The van der Waals surface area contributed by atoms with Gasteiger partial charge < -0.3 is 5.32 Å². The molecule has 1 aromatic carbocycles. The Hall–Kier alpha value is -1.89. The Labute approximate surface area is 142 Å². The van der Waals surface area contributed by atoms with Gasteiger partial charge in [0.2, 0.25) is 0 Å². The fourth-order valence-electron chi connectivity index (χ4n) is 3.48. The van der Waals surface area contributed by atoms with Crippen LogP contribution in [0.3, 0.4) is 0 Å². The van der Waals surface area contributed by atoms with Gasteiger partial charge in [0, 0.05) is 12.8 Å². The highest BCUT2D eigenvalue weighted by Gasteiger charge is 2.38. The molecule has 1 aliphatic carbocycles. The fourth-order valence-corrected chi connectivity index (χ4v) is 4.15. The van der Waals surface area contributed by atoms with Crippen molar-refractivity contribution in [3.63, 3.8) is 0 Å². The van der Waals surface area contributed by atoms with Crippen molar-refractivity contribution in [2.75, 3.05) is 18.6 Å². The predicted octanol–water partition coefficient (Wildman–Crippen LogP) is 1.15. The van der Waals surface area contributed by atoms with Gasteiger partial charge in [-0.1, -0.05) is 24.3 Å². The Kier molecular flexibility index (Phi) is 4.62. The summed E-state index contributed by atoms with van der Waals surface area (Å²) in [4.78, 5) is 25.5. The fraction of sp³-hybridized carbons (Fsp3) is 0.529. The lowest BCUT2D eigenvalue weighted by molar-refractivity contribution is -0.127. The first-order chi connectivity index (χ1) is 11.3. The summed E-state index contributed by atoms with van der Waals surface area (Å²) in [6.45, 7) is 0.388. The van der Waals surface area contributed by atoms with Crippen LogP contribution >= 0.6 is 0 Å². The zero-order valence-corrected chi connectivity index (χ0v) is 14.5. The van der Waals surface area contributed by atoms with Gasteiger partial charge in [-0.3, -0.25) is 9.69 Å². The maximum absolute atomic E-state index is 12.3. The average molecular weight is 350 g/mol. The van der Waals surface area contributed by atoms with Crippen LogP contribution in [0.5, 0.6) is 0 Å². The number of rotatable bonds is 6. The van der Waals surface area contributed by atoms with E-state index in [4.69, 9.17) is 0 Å². The van der Waals surface area contributed by atoms with E-state index in [1.165, 1.54) is 16.0 Å². The van der Waals surface area contributed by atoms with Crippen LogP contribution in [0.2, 0.25) is 0 Å². The van der Waals surface area contributed by atoms with E-state index in [9.17, 15) is 18.0 Å². The molecule has 24 heavy (non-hydrogen) atoms. The van der Waals surface area contributed by atoms with E-state index in [1.807, 2.05) is 12.1 Å². The number of urea groups is 1. The van der Waals surface area contributed by atoms with Gasteiger partial charge in [0.05, 0.1) is 5.75 Å². The summed E-state index contributed by atoms with van der Waals surface area (Å²) in [5.74, 6) is 0.0346. The van der Waals surface area contributed by atoms with Crippen LogP contribution in [0.1, 0.15) is 24.0 Å². The van der Waals surface area contributed by atoms with Crippen LogP contribution in [0.15, 0.2) is 24.3 Å². The normalized spacial score (nSPS) is 21.2. The second kappa shape index (κ2) is 6.55. The molecule has 1 N–H and O–H groups in total. The molecule has 0 aromatic heterocycles. The van der Waals surface area contributed by atoms with Gasteiger partial charge in [0.1, 0.15) is 15.9 Å². The maximum Gasteiger partial charge on any atom is 0.324 e. The van der Waals surface area contributed by atoms with E-state index >= 15 is 0 Å². The van der Waals surface area contributed by atoms with Gasteiger partial charge >= 0.3 is 6.03 Å². The molecule has 1 aromatic rings. The van der Waals surface area contributed by atoms with Gasteiger partial charge in [0.15, 0.2) is 0 Å². The van der Waals surface area contributed by atoms with E-state index in [0.717, 1.165) is 25.5 Å². The van der Waals surface area contributed by atoms with E-state index < -0.39 is 21.9 Å². The minimum Gasteiger partial charge on any atom is -0.326 e. The lowest BCUT2D eigenvalue weighted by atomic mass is 10.0. The molecule has 6 nitrogen and oxygen atoms in total. The Bertz CT molecular complexity index is 735. The molecule has 1 unspecified atom stereocenters. The molecule has 3 rings (SSSR count). The van der Waals surface area contributed by atoms with E-state index in [2.05, 4.69) is 17.4 Å². The van der Waals surface area contributed by atoms with Crippen molar-refractivity contribution in [3.05, 3.63) is 35.4 Å². The molecule has 1 heterocycles. The largest absolute Gasteiger partial charge is 0.326 e. The second-order valence-electron chi connectivity index (χ2n) is 6.74. The highest BCUT2D eigenvalue weighted by molar-refractivity contribution is 7.90. The molecular weight excluding hydrogens is 328 g/mol. The number of carbonyl (C=O) groups is 2. The number of nitrogens with zero attached hydrogens (tertiary/aromatic N) is 1. The molecule has 1 atom stereocenters. The third-order valence-corrected chi connectivity index (χ3v) is 5.76. The van der Waals surface area contributed by atoms with Crippen LogP contribution in [0, 0.1) is 5.92 Å². The number of hydrogen-bond acceptors (Lipinski definition) is 4. The zero-order valence-electron chi connectivity index (χ0n) is 13.7. The Morgan fingerprint density at radius 2 is 1.75 bits per heavy atom. The maximum atomic E-state index is 12.3. The number of benzene rings is 1. The number of fused-ring (bicyclic) bond motifs is 1. The Morgan fingerprint density at radius 3 is 2.33 bits per heavy atom. The molecular formula is C17H22N2O4S. The van der Waals surface area contributed by atoms with Crippen LogP contribution < -0.4 is 5.32 Å². The van der Waals surface area contributed by atoms with Crippen LogP contribution in [-0.2, 0) is 27.5 Å². The molecule has 3 amide bonds. The average Bonchev–Trinajstić information content (AvgIpc) is 3.03. The van der Waals surface area contributed by atoms with Crippen molar-refractivity contribution in [2.24, 2.45) is 5.92 Å². The molecule has 7 heteroatoms. The number of amides is 3. The lowest BCUT2D eigenvalue weighted by Crippen LogP contribution is -2.33. The quantitative estimate of drug-likeness (QED) is 0.780. The van der Waals surface area contributed by atoms with Crippen molar-refractivity contribution >= 4 is 21.8 Å². The third-order valence-electron chi connectivity index (χ3n) is 4.78. The third kappa shape index (κ3) is 3.77. The predicted molar refractivity (Wildman–Crippen MR) is 90.3 cm³/mol. The first kappa shape index (κ1) is 17.0. The van der Waals surface area contributed by atoms with E-state index in [-0.39, 0.29) is 18.1 Å². The summed E-state index contributed by atoms with van der Waals surface area (Å²) in [6, 6.07) is 7.20. The first-order valence-electron chi connectivity index (χ1n) is 8.20. The highest BCUT2D eigenvalue weighted by Crippen LogP contribution is 2.29. The number of nitrogens with one attached hydrogen (secondary N) is 1. The van der Waals surface area contributed by atoms with Crippen molar-refractivity contribution in [3.8, 4) is 0 Å². The standard InChI is InChI=1S/C17H22N2O4S/c1-24(22,23)9-7-15-16(20)19(17(21)18-15)8-6-12-10-13-4-2-3-5-14(13)11-12/h2-5,12,15H,6-11H2,1H3,(H,18,21). The molecule has 1 fully saturated rings. The lowest BCUT2D eigenvalue weighted by Gasteiger charge is -2.16. The van der Waals surface area contributed by atoms with Gasteiger partial charge in [-0.15, -0.1) is 0 Å². The molecule has 0 spiro atoms. The van der Waals surface area contributed by atoms with Crippen LogP contribution in [0.4, 0.5) is 4.79 Å². The highest BCUT2D eigenvalue weighted by atomic mass is 32.2. The summed E-state index contributed by atoms with van der Waals surface area (Å²) >= 11 is 0. The Balaban J connectivity index is 1.53. The van der Waals surface area contributed by atoms with Crippen molar-refractivity contribution in [1.82, 2.24) is 10.2 Å². The van der Waals surface area contributed by atoms with Gasteiger partial charge in [-0.2, -0.15) is 0 Å². The number of sulfone groups is 1. The smallest absolute Gasteiger partial charge is 0.324 e. The van der Waals surface area contributed by atoms with Crippen LogP contribution in [-0.4, -0.2) is 49.9 Å². The van der Waals surface area contributed by atoms with Gasteiger partial charge in [0.25, 0.3) is 5.91 Å². The molecule has 0 bridgehead atoms. The van der Waals surface area contributed by atoms with Crippen molar-refractivity contribution in [2.45, 2.75) is 31.7 Å². The summed E-state index contributed by atoms with van der Waals surface area (Å²) in [5, 5.41) is 2.59. The van der Waals surface area contributed by atoms with E-state index in [0.29, 0.717) is 12.5 Å². The molecule has 1 saturated heterocycles. The summed E-state index contributed by atoms with van der Waals surface area (Å²) in [7, 11) is -3.15. The molecule has 0 saturated carbocycles. The monoisotopic (exact) mass is 350 g/mol. The van der Waals surface area contributed by atoms with Gasteiger partial charge in [-0.05, 0) is 42.7 Å². The summed E-state index contributed by atoms with van der Waals surface area (Å²) < 4.78 is 22.5. The molecule has 0 radical (unpaired) electrons.